The van der Waals surface area contributed by atoms with Crippen LogP contribution < -0.4 is 5.32 Å². The lowest BCUT2D eigenvalue weighted by atomic mass is 9.85. The summed E-state index contributed by atoms with van der Waals surface area (Å²) in [5.74, 6) is -0.413. The first-order valence-corrected chi connectivity index (χ1v) is 12.3. The van der Waals surface area contributed by atoms with E-state index in [1.54, 1.807) is 0 Å². The maximum atomic E-state index is 12.4. The molecule has 2 fully saturated rings. The fourth-order valence-corrected chi connectivity index (χ4v) is 5.14. The van der Waals surface area contributed by atoms with Crippen LogP contribution >= 0.6 is 0 Å². The first-order chi connectivity index (χ1) is 16.2. The first-order valence-electron chi connectivity index (χ1n) is 12.3. The van der Waals surface area contributed by atoms with Crippen LogP contribution in [0, 0.1) is 17.8 Å². The number of rotatable bonds is 13. The van der Waals surface area contributed by atoms with E-state index in [1.807, 2.05) is 13.8 Å². The molecular weight excluding hydrogens is 446 g/mol. The summed E-state index contributed by atoms with van der Waals surface area (Å²) in [7, 11) is 1.00. The Morgan fingerprint density at radius 3 is 1.82 bits per heavy atom. The normalized spacial score (nSPS) is 33.8. The Balaban J connectivity index is 0.00000281. The number of Topliss-reactive ketones (excluding diaryl/α,β-unsaturated/α-hetero) is 1. The molecule has 0 radical (unpaired) electrons. The Morgan fingerprint density at radius 1 is 0.882 bits per heavy atom. The van der Waals surface area contributed by atoms with E-state index in [2.05, 4.69) is 5.32 Å². The predicted octanol–water partition coefficient (Wildman–Crippen LogP) is -0.230. The van der Waals surface area contributed by atoms with Gasteiger partial charge in [-0.1, -0.05) is 0 Å². The van der Waals surface area contributed by atoms with Gasteiger partial charge >= 0.3 is 0 Å². The smallest absolute Gasteiger partial charge is 0.220 e. The summed E-state index contributed by atoms with van der Waals surface area (Å²) in [5, 5.41) is 49.0. The van der Waals surface area contributed by atoms with Crippen molar-refractivity contribution in [3.63, 3.8) is 0 Å². The highest BCUT2D eigenvalue weighted by Crippen LogP contribution is 2.33. The van der Waals surface area contributed by atoms with Gasteiger partial charge in [0.1, 0.15) is 18.0 Å². The van der Waals surface area contributed by atoms with Gasteiger partial charge in [0.05, 0.1) is 37.6 Å². The molecule has 1 amide bonds. The van der Waals surface area contributed by atoms with Crippen molar-refractivity contribution in [2.75, 3.05) is 26.9 Å². The van der Waals surface area contributed by atoms with E-state index >= 15 is 0 Å². The molecule has 0 saturated carbocycles. The summed E-state index contributed by atoms with van der Waals surface area (Å²) in [6.45, 7) is 5.29. The summed E-state index contributed by atoms with van der Waals surface area (Å²) in [6, 6.07) is 0. The van der Waals surface area contributed by atoms with Crippen molar-refractivity contribution in [1.29, 1.82) is 0 Å². The lowest BCUT2D eigenvalue weighted by molar-refractivity contribution is -0.122. The summed E-state index contributed by atoms with van der Waals surface area (Å²) in [4.78, 5) is 24.1. The van der Waals surface area contributed by atoms with Crippen LogP contribution in [0.3, 0.4) is 0 Å². The van der Waals surface area contributed by atoms with Crippen molar-refractivity contribution in [3.8, 4) is 0 Å². The molecule has 6 N–H and O–H groups in total. The number of hydrogen-bond acceptors (Lipinski definition) is 9. The zero-order valence-corrected chi connectivity index (χ0v) is 20.9. The zero-order valence-electron chi connectivity index (χ0n) is 20.9. The van der Waals surface area contributed by atoms with Gasteiger partial charge in [0.2, 0.25) is 5.91 Å². The molecule has 0 aromatic rings. The Kier molecular flexibility index (Phi) is 14.3. The monoisotopic (exact) mass is 491 g/mol. The van der Waals surface area contributed by atoms with E-state index in [1.165, 1.54) is 6.92 Å². The van der Waals surface area contributed by atoms with Crippen molar-refractivity contribution >= 4 is 11.7 Å². The number of ether oxygens (including phenoxy) is 2. The molecule has 34 heavy (non-hydrogen) atoms. The van der Waals surface area contributed by atoms with Gasteiger partial charge in [0, 0.05) is 38.3 Å². The third-order valence-corrected chi connectivity index (χ3v) is 6.98. The molecule has 0 aliphatic carbocycles. The number of hydrogen-bond donors (Lipinski definition) is 6. The topological polar surface area (TPSA) is 166 Å². The minimum atomic E-state index is -0.746. The van der Waals surface area contributed by atoms with Gasteiger partial charge in [0.15, 0.2) is 0 Å². The SMILES string of the molecule is CC(=O)CC(CC[C@H]1C(O)[C@@H](CO)O[C@H]1C)CC(=O)NCCC[C@H]1C(O)[C@@H](CO)O[C@H]1C.CO. The molecule has 2 aliphatic rings. The van der Waals surface area contributed by atoms with Crippen LogP contribution in [-0.2, 0) is 19.1 Å². The third-order valence-electron chi connectivity index (χ3n) is 6.98. The number of amides is 1. The van der Waals surface area contributed by atoms with E-state index in [-0.39, 0.29) is 61.3 Å². The standard InChI is InChI=1S/C23H41NO8.CH4O/c1-13(27)9-16(6-7-18-15(3)32-20(12-26)23(18)30)10-21(28)24-8-4-5-17-14(2)31-19(11-25)22(17)29;1-2/h14-20,22-23,25-26,29-30H,4-12H2,1-3H3,(H,24,28);2H,1H3/t14-,15-,16?,17+,18+,19+,20+,22?,23?;/m0./s1. The average Bonchev–Trinajstić information content (AvgIpc) is 3.24. The Labute approximate surface area is 202 Å². The van der Waals surface area contributed by atoms with Gasteiger partial charge in [-0.05, 0) is 52.4 Å². The highest BCUT2D eigenvalue weighted by molar-refractivity contribution is 5.79. The van der Waals surface area contributed by atoms with Crippen LogP contribution in [-0.4, -0.2) is 101 Å². The van der Waals surface area contributed by atoms with Gasteiger partial charge in [-0.15, -0.1) is 0 Å². The molecule has 2 heterocycles. The quantitative estimate of drug-likeness (QED) is 0.191. The molecule has 10 nitrogen and oxygen atoms in total. The fraction of sp³-hybridized carbons (Fsp3) is 0.917. The molecule has 0 aromatic carbocycles. The second-order valence-electron chi connectivity index (χ2n) is 9.48. The lowest BCUT2D eigenvalue weighted by Gasteiger charge is -2.21. The van der Waals surface area contributed by atoms with Gasteiger partial charge < -0.3 is 45.1 Å². The molecule has 0 spiro atoms. The summed E-state index contributed by atoms with van der Waals surface area (Å²) < 4.78 is 11.1. The third kappa shape index (κ3) is 9.14. The summed E-state index contributed by atoms with van der Waals surface area (Å²) in [5.41, 5.74) is 0. The van der Waals surface area contributed by atoms with Crippen LogP contribution in [0.4, 0.5) is 0 Å². The molecule has 0 aromatic heterocycles. The molecule has 10 heteroatoms. The van der Waals surface area contributed by atoms with Crippen molar-refractivity contribution < 1.29 is 44.6 Å². The molecule has 2 saturated heterocycles. The molecular formula is C24H45NO9. The predicted molar refractivity (Wildman–Crippen MR) is 125 cm³/mol. The van der Waals surface area contributed by atoms with Crippen molar-refractivity contribution in [3.05, 3.63) is 0 Å². The minimum absolute atomic E-state index is 0.0231. The highest BCUT2D eigenvalue weighted by Gasteiger charge is 2.41. The maximum Gasteiger partial charge on any atom is 0.220 e. The number of carbonyl (C=O) groups is 2. The minimum Gasteiger partial charge on any atom is -0.400 e. The van der Waals surface area contributed by atoms with E-state index < -0.39 is 24.4 Å². The molecule has 0 bridgehead atoms. The van der Waals surface area contributed by atoms with Gasteiger partial charge in [0.25, 0.3) is 0 Å². The number of aliphatic hydroxyl groups is 5. The second kappa shape index (κ2) is 15.8. The van der Waals surface area contributed by atoms with Gasteiger partial charge in [-0.3, -0.25) is 4.79 Å². The Morgan fingerprint density at radius 2 is 1.38 bits per heavy atom. The van der Waals surface area contributed by atoms with E-state index in [9.17, 15) is 30.0 Å². The van der Waals surface area contributed by atoms with E-state index in [0.29, 0.717) is 38.6 Å². The van der Waals surface area contributed by atoms with E-state index in [0.717, 1.165) is 7.11 Å². The molecule has 2 rings (SSSR count). The van der Waals surface area contributed by atoms with Crippen LogP contribution in [0.2, 0.25) is 0 Å². The zero-order chi connectivity index (χ0) is 25.8. The summed E-state index contributed by atoms with van der Waals surface area (Å²) in [6.07, 6.45) is 0.247. The Bertz CT molecular complexity index is 605. The summed E-state index contributed by atoms with van der Waals surface area (Å²) >= 11 is 0. The number of aliphatic hydroxyl groups excluding tert-OH is 5. The Hall–Kier alpha value is -1.14. The molecule has 200 valence electrons. The first kappa shape index (κ1) is 30.9. The van der Waals surface area contributed by atoms with Crippen molar-refractivity contribution in [1.82, 2.24) is 5.32 Å². The molecule has 3 unspecified atom stereocenters. The van der Waals surface area contributed by atoms with E-state index in [4.69, 9.17) is 14.6 Å². The van der Waals surface area contributed by atoms with Crippen molar-refractivity contribution in [2.24, 2.45) is 17.8 Å². The van der Waals surface area contributed by atoms with Crippen LogP contribution in [0.15, 0.2) is 0 Å². The van der Waals surface area contributed by atoms with Crippen molar-refractivity contribution in [2.45, 2.75) is 95.9 Å². The fourth-order valence-electron chi connectivity index (χ4n) is 5.14. The van der Waals surface area contributed by atoms with Gasteiger partial charge in [-0.2, -0.15) is 0 Å². The number of ketones is 1. The lowest BCUT2D eigenvalue weighted by Crippen LogP contribution is -2.32. The maximum absolute atomic E-state index is 12.4. The van der Waals surface area contributed by atoms with Crippen LogP contribution in [0.25, 0.3) is 0 Å². The van der Waals surface area contributed by atoms with Gasteiger partial charge in [-0.25, -0.2) is 0 Å². The molecule has 9 atom stereocenters. The van der Waals surface area contributed by atoms with Crippen LogP contribution in [0.5, 0.6) is 0 Å². The average molecular weight is 492 g/mol. The highest BCUT2D eigenvalue weighted by atomic mass is 16.5. The largest absolute Gasteiger partial charge is 0.400 e. The number of carbonyl (C=O) groups excluding carboxylic acids is 2. The van der Waals surface area contributed by atoms with Crippen LogP contribution in [0.1, 0.15) is 59.3 Å². The molecule has 2 aliphatic heterocycles. The number of nitrogens with one attached hydrogen (secondary N) is 1. The second-order valence-corrected chi connectivity index (χ2v) is 9.48.